The van der Waals surface area contributed by atoms with Crippen LogP contribution in [0.15, 0.2) is 138 Å². The van der Waals surface area contributed by atoms with E-state index >= 15 is 0 Å². The molecule has 4 aromatic carbocycles. The fourth-order valence-corrected chi connectivity index (χ4v) is 8.95. The van der Waals surface area contributed by atoms with Gasteiger partial charge in [-0.1, -0.05) is 109 Å². The second kappa shape index (κ2) is 15.7. The first-order valence-corrected chi connectivity index (χ1v) is 19.6. The number of benzene rings is 4. The van der Waals surface area contributed by atoms with Crippen molar-refractivity contribution in [3.63, 3.8) is 0 Å². The van der Waals surface area contributed by atoms with E-state index < -0.39 is 36.5 Å². The van der Waals surface area contributed by atoms with Crippen molar-refractivity contribution in [1.82, 2.24) is 19.1 Å². The second-order valence-corrected chi connectivity index (χ2v) is 15.7. The van der Waals surface area contributed by atoms with Gasteiger partial charge in [-0.15, -0.1) is 0 Å². The monoisotopic (exact) mass is 739 g/mol. The summed E-state index contributed by atoms with van der Waals surface area (Å²) < 4.78 is 35.5. The molecule has 268 valence electrons. The maximum atomic E-state index is 14.1. The number of carbonyl (C=O) groups is 1. The van der Waals surface area contributed by atoms with Gasteiger partial charge in [0.25, 0.3) is 5.91 Å². The van der Waals surface area contributed by atoms with Crippen LogP contribution < -0.4 is 11.0 Å². The van der Waals surface area contributed by atoms with Crippen LogP contribution in [0.25, 0.3) is 0 Å². The number of hydrogen-bond donors (Lipinski definition) is 1. The van der Waals surface area contributed by atoms with Gasteiger partial charge in [0.1, 0.15) is 5.82 Å². The third-order valence-corrected chi connectivity index (χ3v) is 11.7. The van der Waals surface area contributed by atoms with Crippen LogP contribution in [0.1, 0.15) is 40.2 Å². The van der Waals surface area contributed by atoms with Crippen LogP contribution in [-0.2, 0) is 24.1 Å². The number of amides is 1. The number of anilines is 1. The Kier molecular flexibility index (Phi) is 10.8. The average Bonchev–Trinajstić information content (AvgIpc) is 3.17. The summed E-state index contributed by atoms with van der Waals surface area (Å²) in [7, 11) is 0. The first-order chi connectivity index (χ1) is 25.2. The molecule has 13 heteroatoms. The van der Waals surface area contributed by atoms with Crippen LogP contribution in [0.4, 0.5) is 5.82 Å². The molecule has 0 spiro atoms. The highest BCUT2D eigenvalue weighted by Gasteiger charge is 2.48. The Bertz CT molecular complexity index is 1980. The van der Waals surface area contributed by atoms with Crippen molar-refractivity contribution in [3.05, 3.63) is 166 Å². The quantitative estimate of drug-likeness (QED) is 0.123. The van der Waals surface area contributed by atoms with Crippen molar-refractivity contribution in [3.8, 4) is 0 Å². The van der Waals surface area contributed by atoms with Gasteiger partial charge in [0.05, 0.1) is 24.8 Å². The summed E-state index contributed by atoms with van der Waals surface area (Å²) in [6, 6.07) is 40.5. The maximum Gasteiger partial charge on any atom is 0.365 e. The molecule has 2 aliphatic heterocycles. The molecular formula is C39H39ClN5O6P. The van der Waals surface area contributed by atoms with Crippen molar-refractivity contribution < 1.29 is 23.4 Å². The van der Waals surface area contributed by atoms with E-state index in [4.69, 9.17) is 25.2 Å². The molecule has 0 radical (unpaired) electrons. The average molecular weight is 740 g/mol. The minimum absolute atomic E-state index is 0.0921. The molecule has 0 aliphatic carbocycles. The molecule has 1 amide bonds. The molecule has 1 N–H and O–H groups in total. The molecule has 1 aromatic heterocycles. The Balaban J connectivity index is 1.31. The van der Waals surface area contributed by atoms with Crippen LogP contribution >= 0.6 is 18.1 Å². The third kappa shape index (κ3) is 7.53. The molecule has 5 aromatic rings. The molecule has 0 saturated carbocycles. The highest BCUT2D eigenvalue weighted by atomic mass is 35.7. The van der Waals surface area contributed by atoms with Crippen LogP contribution in [0.3, 0.4) is 0 Å². The predicted molar refractivity (Wildman–Crippen MR) is 199 cm³/mol. The van der Waals surface area contributed by atoms with Crippen molar-refractivity contribution in [2.24, 2.45) is 0 Å². The summed E-state index contributed by atoms with van der Waals surface area (Å²) in [5, 5.41) is 2.70. The van der Waals surface area contributed by atoms with Crippen molar-refractivity contribution in [2.75, 3.05) is 38.1 Å². The summed E-state index contributed by atoms with van der Waals surface area (Å²) in [6.07, 6.45) is -0.762. The number of aromatic nitrogens is 2. The van der Waals surface area contributed by atoms with E-state index in [2.05, 4.69) is 51.6 Å². The molecule has 11 nitrogen and oxygen atoms in total. The molecule has 2 fully saturated rings. The summed E-state index contributed by atoms with van der Waals surface area (Å²) in [4.78, 5) is 33.0. The van der Waals surface area contributed by atoms with Gasteiger partial charge in [0.15, 0.2) is 12.5 Å². The van der Waals surface area contributed by atoms with Gasteiger partial charge in [-0.2, -0.15) is 4.98 Å². The van der Waals surface area contributed by atoms with Gasteiger partial charge in [-0.3, -0.25) is 23.4 Å². The topological polar surface area (TPSA) is 115 Å². The number of hydrogen-bond acceptors (Lipinski definition) is 8. The first kappa shape index (κ1) is 35.9. The Hall–Kier alpha value is -4.45. The fraction of sp³-hybridized carbons (Fsp3) is 0.256. The van der Waals surface area contributed by atoms with E-state index in [1.165, 1.54) is 10.8 Å². The first-order valence-electron chi connectivity index (χ1n) is 17.1. The number of morpholine rings is 2. The van der Waals surface area contributed by atoms with E-state index in [0.717, 1.165) is 16.7 Å². The SMILES string of the molecule is CC1CN(P(=O)(Cl)OC2CN(C(c3ccccc3)(c3ccccc3)c3ccccc3)CC(n3ccc(NC(=O)c4ccccc4)nc3=O)O2)CCO1. The lowest BCUT2D eigenvalue weighted by molar-refractivity contribution is -0.207. The van der Waals surface area contributed by atoms with E-state index in [9.17, 15) is 14.2 Å². The number of halogens is 1. The molecule has 2 aliphatic rings. The Morgan fingerprint density at radius 2 is 1.40 bits per heavy atom. The largest absolute Gasteiger partial charge is 0.376 e. The van der Waals surface area contributed by atoms with E-state index in [1.54, 1.807) is 35.0 Å². The number of rotatable bonds is 10. The van der Waals surface area contributed by atoms with Crippen LogP contribution in [0.2, 0.25) is 0 Å². The van der Waals surface area contributed by atoms with Gasteiger partial charge in [-0.25, -0.2) is 9.46 Å². The summed E-state index contributed by atoms with van der Waals surface area (Å²) in [5.41, 5.74) is 1.75. The second-order valence-electron chi connectivity index (χ2n) is 12.7. The fourth-order valence-electron chi connectivity index (χ4n) is 6.98. The number of ether oxygens (including phenoxy) is 2. The minimum atomic E-state index is -3.93. The summed E-state index contributed by atoms with van der Waals surface area (Å²) in [5.74, 6) is -0.304. The molecule has 52 heavy (non-hydrogen) atoms. The van der Waals surface area contributed by atoms with Crippen molar-refractivity contribution in [2.45, 2.75) is 31.1 Å². The Labute approximate surface area is 307 Å². The van der Waals surface area contributed by atoms with Gasteiger partial charge in [0.2, 0.25) is 0 Å². The Morgan fingerprint density at radius 3 is 1.94 bits per heavy atom. The number of carbonyl (C=O) groups excluding carboxylic acids is 1. The van der Waals surface area contributed by atoms with Crippen LogP contribution in [0.5, 0.6) is 0 Å². The van der Waals surface area contributed by atoms with E-state index in [1.807, 2.05) is 67.6 Å². The smallest absolute Gasteiger partial charge is 0.365 e. The van der Waals surface area contributed by atoms with E-state index in [0.29, 0.717) is 25.3 Å². The summed E-state index contributed by atoms with van der Waals surface area (Å²) >= 11 is 6.76. The zero-order chi connectivity index (χ0) is 36.1. The number of nitrogens with one attached hydrogen (secondary N) is 1. The van der Waals surface area contributed by atoms with Gasteiger partial charge in [0, 0.05) is 31.4 Å². The van der Waals surface area contributed by atoms with Crippen molar-refractivity contribution in [1.29, 1.82) is 0 Å². The standard InChI is InChI=1S/C39H39ClN5O6P/c1-29-26-44(24-25-49-29)52(40,48)51-36-28-43(27-35(50-36)45-23-22-34(42-38(45)47)41-37(46)30-14-6-2-7-15-30)39(31-16-8-3-9-17-31,32-18-10-4-11-19-32)33-20-12-5-13-21-33/h2-23,29,35-36H,24-28H2,1H3,(H,41,42,46,47). The van der Waals surface area contributed by atoms with Gasteiger partial charge >= 0.3 is 12.6 Å². The van der Waals surface area contributed by atoms with Gasteiger partial charge in [-0.05, 0) is 53.1 Å². The lowest BCUT2D eigenvalue weighted by Gasteiger charge is -2.50. The molecular weight excluding hydrogens is 701 g/mol. The van der Waals surface area contributed by atoms with Crippen molar-refractivity contribution >= 4 is 29.8 Å². The third-order valence-electron chi connectivity index (χ3n) is 9.33. The molecule has 7 rings (SSSR count). The highest BCUT2D eigenvalue weighted by Crippen LogP contribution is 2.58. The lowest BCUT2D eigenvalue weighted by Crippen LogP contribution is -2.57. The summed E-state index contributed by atoms with van der Waals surface area (Å²) in [6.45, 7) is -0.709. The normalized spacial score (nSPS) is 21.2. The zero-order valence-electron chi connectivity index (χ0n) is 28.5. The molecule has 2 saturated heterocycles. The molecule has 4 unspecified atom stereocenters. The van der Waals surface area contributed by atoms with Gasteiger partial charge < -0.3 is 14.8 Å². The molecule has 0 bridgehead atoms. The maximum absolute atomic E-state index is 14.1. The highest BCUT2D eigenvalue weighted by molar-refractivity contribution is 7.83. The molecule has 3 heterocycles. The van der Waals surface area contributed by atoms with E-state index in [-0.39, 0.29) is 25.0 Å². The predicted octanol–water partition coefficient (Wildman–Crippen LogP) is 6.73. The zero-order valence-corrected chi connectivity index (χ0v) is 30.2. The minimum Gasteiger partial charge on any atom is -0.376 e. The number of nitrogens with zero attached hydrogens (tertiary/aromatic N) is 4. The van der Waals surface area contributed by atoms with Crippen LogP contribution in [-0.4, -0.2) is 70.2 Å². The lowest BCUT2D eigenvalue weighted by atomic mass is 9.75. The Morgan fingerprint density at radius 1 is 0.846 bits per heavy atom. The molecule has 4 atom stereocenters. The van der Waals surface area contributed by atoms with Crippen LogP contribution in [0, 0.1) is 0 Å².